The van der Waals surface area contributed by atoms with Gasteiger partial charge in [0.05, 0.1) is 26.6 Å². The highest BCUT2D eigenvalue weighted by atomic mass is 16.5. The molecule has 5 nitrogen and oxygen atoms in total. The van der Waals surface area contributed by atoms with Crippen molar-refractivity contribution >= 4 is 5.97 Å². The van der Waals surface area contributed by atoms with Crippen molar-refractivity contribution < 1.29 is 23.9 Å². The van der Waals surface area contributed by atoms with Crippen LogP contribution in [-0.4, -0.2) is 68.2 Å². The zero-order valence-corrected chi connectivity index (χ0v) is 12.1. The van der Waals surface area contributed by atoms with Crippen LogP contribution in [0.4, 0.5) is 0 Å². The van der Waals surface area contributed by atoms with Gasteiger partial charge in [0.15, 0.2) is 0 Å². The van der Waals surface area contributed by atoms with Gasteiger partial charge in [-0.2, -0.15) is 0 Å². The molecule has 5 heteroatoms. The molecule has 0 aromatic rings. The Morgan fingerprint density at radius 3 is 2.72 bits per heavy atom. The lowest BCUT2D eigenvalue weighted by atomic mass is 10.2. The molecule has 0 aromatic carbocycles. The number of ether oxygens (including phenoxy) is 2. The summed E-state index contributed by atoms with van der Waals surface area (Å²) in [6.45, 7) is 9.41. The molecule has 1 saturated heterocycles. The predicted octanol–water partition coefficient (Wildman–Crippen LogP) is 0.803. The molecule has 1 fully saturated rings. The number of aliphatic hydroxyl groups excluding tert-OH is 1. The van der Waals surface area contributed by atoms with E-state index in [9.17, 15) is 9.90 Å². The van der Waals surface area contributed by atoms with E-state index in [-0.39, 0.29) is 5.97 Å². The van der Waals surface area contributed by atoms with Crippen LogP contribution in [0.15, 0.2) is 0 Å². The summed E-state index contributed by atoms with van der Waals surface area (Å²) in [5.74, 6) is -0.138. The fraction of sp³-hybridized carbons (Fsp3) is 0.923. The molecule has 0 aliphatic carbocycles. The van der Waals surface area contributed by atoms with Crippen molar-refractivity contribution in [1.29, 1.82) is 0 Å². The first-order chi connectivity index (χ1) is 8.56. The van der Waals surface area contributed by atoms with Crippen molar-refractivity contribution in [1.82, 2.24) is 0 Å². The van der Waals surface area contributed by atoms with E-state index in [2.05, 4.69) is 0 Å². The summed E-state index contributed by atoms with van der Waals surface area (Å²) in [4.78, 5) is 11.1. The number of likely N-dealkylation sites (N-methyl/N-ethyl adjacent to an activating group) is 1. The van der Waals surface area contributed by atoms with Crippen molar-refractivity contribution in [2.24, 2.45) is 0 Å². The molecular weight excluding hydrogens is 234 g/mol. The van der Waals surface area contributed by atoms with E-state index in [1.807, 2.05) is 27.8 Å². The summed E-state index contributed by atoms with van der Waals surface area (Å²) in [6, 6.07) is 0. The Kier molecular flexibility index (Phi) is 8.97. The van der Waals surface area contributed by atoms with Gasteiger partial charge in [0.25, 0.3) is 0 Å². The first-order valence-corrected chi connectivity index (χ1v) is 6.81. The minimum absolute atomic E-state index is 0.138. The Hall–Kier alpha value is -0.650. The van der Waals surface area contributed by atoms with Crippen molar-refractivity contribution in [3.05, 3.63) is 0 Å². The van der Waals surface area contributed by atoms with Gasteiger partial charge in [-0.3, -0.25) is 4.79 Å². The normalized spacial score (nSPS) is 25.5. The molecule has 1 rings (SSSR count). The van der Waals surface area contributed by atoms with E-state index in [1.54, 1.807) is 0 Å². The number of carbonyl (C=O) groups is 1. The van der Waals surface area contributed by atoms with Gasteiger partial charge < -0.3 is 19.1 Å². The fourth-order valence-corrected chi connectivity index (χ4v) is 1.92. The quantitative estimate of drug-likeness (QED) is 0.588. The first-order valence-electron chi connectivity index (χ1n) is 6.81. The third kappa shape index (κ3) is 6.93. The highest BCUT2D eigenvalue weighted by molar-refractivity contribution is 5.69. The summed E-state index contributed by atoms with van der Waals surface area (Å²) in [5.41, 5.74) is 0. The molecule has 1 N–H and O–H groups in total. The smallest absolute Gasteiger partial charge is 0.311 e. The summed E-state index contributed by atoms with van der Waals surface area (Å²) in [6.07, 6.45) is -0.0455. The topological polar surface area (TPSA) is 55.8 Å². The number of quaternary nitrogens is 1. The monoisotopic (exact) mass is 262 g/mol. The van der Waals surface area contributed by atoms with Gasteiger partial charge in [0.2, 0.25) is 0 Å². The summed E-state index contributed by atoms with van der Waals surface area (Å²) < 4.78 is 10.8. The minimum atomic E-state index is -0.474. The molecule has 1 aliphatic rings. The number of carbonyl (C=O) groups excluding carboxylic acids is 1. The summed E-state index contributed by atoms with van der Waals surface area (Å²) in [7, 11) is 2.04. The number of esters is 1. The van der Waals surface area contributed by atoms with Gasteiger partial charge >= 0.3 is 5.97 Å². The van der Waals surface area contributed by atoms with Crippen molar-refractivity contribution in [2.45, 2.75) is 33.3 Å². The van der Waals surface area contributed by atoms with E-state index < -0.39 is 6.10 Å². The van der Waals surface area contributed by atoms with Gasteiger partial charge in [-0.1, -0.05) is 13.8 Å². The molecule has 108 valence electrons. The molecule has 0 spiro atoms. The van der Waals surface area contributed by atoms with Crippen LogP contribution in [0.3, 0.4) is 0 Å². The average Bonchev–Trinajstić information content (AvgIpc) is 2.52. The van der Waals surface area contributed by atoms with Gasteiger partial charge in [0.1, 0.15) is 25.8 Å². The number of rotatable bonds is 5. The maximum absolute atomic E-state index is 11.1. The second kappa shape index (κ2) is 9.30. The number of hydrogen-bond acceptors (Lipinski definition) is 4. The standard InChI is InChI=1S/C11H22NO4.C2H6/c1-3-15-9-10(13)8-12(2)5-4-11(14)16-7-6-12;1-2/h10,13H,3-9H2,1-2H3;1-2H3/q+1;. The zero-order valence-electron chi connectivity index (χ0n) is 12.1. The van der Waals surface area contributed by atoms with Gasteiger partial charge in [-0.25, -0.2) is 0 Å². The van der Waals surface area contributed by atoms with E-state index in [4.69, 9.17) is 9.47 Å². The van der Waals surface area contributed by atoms with Crippen LogP contribution in [0.2, 0.25) is 0 Å². The van der Waals surface area contributed by atoms with Crippen LogP contribution >= 0.6 is 0 Å². The zero-order chi connectivity index (χ0) is 14.0. The average molecular weight is 262 g/mol. The SMILES string of the molecule is CC.CCOCC(O)C[N+]1(C)CCOC(=O)CC1. The Bertz CT molecular complexity index is 235. The van der Waals surface area contributed by atoms with Crippen LogP contribution in [0, 0.1) is 0 Å². The number of hydrogen-bond donors (Lipinski definition) is 1. The van der Waals surface area contributed by atoms with Crippen LogP contribution in [-0.2, 0) is 14.3 Å². The predicted molar refractivity (Wildman–Crippen MR) is 70.2 cm³/mol. The highest BCUT2D eigenvalue weighted by Gasteiger charge is 2.29. The first kappa shape index (κ1) is 17.4. The summed E-state index contributed by atoms with van der Waals surface area (Å²) in [5, 5.41) is 9.79. The Morgan fingerprint density at radius 1 is 1.44 bits per heavy atom. The molecular formula is C13H28NO4+. The fourth-order valence-electron chi connectivity index (χ4n) is 1.92. The van der Waals surface area contributed by atoms with E-state index in [0.29, 0.717) is 37.3 Å². The van der Waals surface area contributed by atoms with Gasteiger partial charge in [-0.15, -0.1) is 0 Å². The lowest BCUT2D eigenvalue weighted by Crippen LogP contribution is -2.51. The van der Waals surface area contributed by atoms with Crippen LogP contribution < -0.4 is 0 Å². The molecule has 2 atom stereocenters. The second-order valence-electron chi connectivity index (χ2n) is 4.53. The third-order valence-electron chi connectivity index (χ3n) is 2.92. The third-order valence-corrected chi connectivity index (χ3v) is 2.92. The molecule has 1 heterocycles. The van der Waals surface area contributed by atoms with Crippen molar-refractivity contribution in [3.63, 3.8) is 0 Å². The molecule has 0 radical (unpaired) electrons. The van der Waals surface area contributed by atoms with Gasteiger partial charge in [-0.05, 0) is 6.92 Å². The molecule has 0 saturated carbocycles. The maximum Gasteiger partial charge on any atom is 0.311 e. The summed E-state index contributed by atoms with van der Waals surface area (Å²) >= 11 is 0. The Labute approximate surface area is 110 Å². The molecule has 1 aliphatic heterocycles. The van der Waals surface area contributed by atoms with E-state index in [1.165, 1.54) is 0 Å². The van der Waals surface area contributed by atoms with Gasteiger partial charge in [0, 0.05) is 6.61 Å². The minimum Gasteiger partial charge on any atom is -0.460 e. The Balaban J connectivity index is 0.00000137. The van der Waals surface area contributed by atoms with Crippen molar-refractivity contribution in [3.8, 4) is 0 Å². The van der Waals surface area contributed by atoms with E-state index >= 15 is 0 Å². The number of nitrogens with zero attached hydrogens (tertiary/aromatic N) is 1. The molecule has 0 amide bonds. The lowest BCUT2D eigenvalue weighted by Gasteiger charge is -2.34. The lowest BCUT2D eigenvalue weighted by molar-refractivity contribution is -0.910. The number of cyclic esters (lactones) is 1. The van der Waals surface area contributed by atoms with Crippen LogP contribution in [0.25, 0.3) is 0 Å². The maximum atomic E-state index is 11.1. The molecule has 0 aromatic heterocycles. The van der Waals surface area contributed by atoms with E-state index in [0.717, 1.165) is 13.1 Å². The molecule has 0 bridgehead atoms. The number of aliphatic hydroxyl groups is 1. The Morgan fingerprint density at radius 2 is 2.11 bits per heavy atom. The van der Waals surface area contributed by atoms with Crippen LogP contribution in [0.1, 0.15) is 27.2 Å². The highest BCUT2D eigenvalue weighted by Crippen LogP contribution is 2.10. The van der Waals surface area contributed by atoms with Crippen LogP contribution in [0.5, 0.6) is 0 Å². The molecule has 18 heavy (non-hydrogen) atoms. The molecule has 2 unspecified atom stereocenters. The second-order valence-corrected chi connectivity index (χ2v) is 4.53. The van der Waals surface area contributed by atoms with Crippen molar-refractivity contribution in [2.75, 3.05) is 46.5 Å². The largest absolute Gasteiger partial charge is 0.460 e.